The van der Waals surface area contributed by atoms with E-state index in [0.29, 0.717) is 58.0 Å². The lowest BCUT2D eigenvalue weighted by atomic mass is 9.64. The van der Waals surface area contributed by atoms with Gasteiger partial charge < -0.3 is 25.4 Å². The summed E-state index contributed by atoms with van der Waals surface area (Å²) in [6.07, 6.45) is 3.33. The molecular formula is C22H33ClF3N3O4. The van der Waals surface area contributed by atoms with Crippen LogP contribution >= 0.6 is 11.6 Å². The first-order chi connectivity index (χ1) is 15.7. The molecule has 2 amide bonds. The van der Waals surface area contributed by atoms with Gasteiger partial charge in [-0.2, -0.15) is 8.78 Å². The van der Waals surface area contributed by atoms with Crippen molar-refractivity contribution in [1.29, 1.82) is 0 Å². The second kappa shape index (κ2) is 10.3. The first-order valence-electron chi connectivity index (χ1n) is 11.8. The van der Waals surface area contributed by atoms with Crippen LogP contribution in [0.3, 0.4) is 0 Å². The molecule has 11 heteroatoms. The van der Waals surface area contributed by atoms with Gasteiger partial charge in [0.15, 0.2) is 0 Å². The average molecular weight is 496 g/mol. The zero-order valence-electron chi connectivity index (χ0n) is 18.6. The van der Waals surface area contributed by atoms with Crippen LogP contribution in [0.25, 0.3) is 0 Å². The van der Waals surface area contributed by atoms with Gasteiger partial charge in [0.25, 0.3) is 0 Å². The predicted octanol–water partition coefficient (Wildman–Crippen LogP) is 2.41. The highest BCUT2D eigenvalue weighted by atomic mass is 35.5. The minimum absolute atomic E-state index is 0.0132. The normalized spacial score (nSPS) is 40.3. The number of piperidine rings is 1. The fourth-order valence-electron chi connectivity index (χ4n) is 5.95. The number of hydrogen-bond donors (Lipinski definition) is 3. The van der Waals surface area contributed by atoms with Crippen molar-refractivity contribution >= 4 is 23.4 Å². The van der Waals surface area contributed by atoms with E-state index in [1.165, 1.54) is 0 Å². The average Bonchev–Trinajstić information content (AvgIpc) is 3.30. The summed E-state index contributed by atoms with van der Waals surface area (Å²) >= 11 is 5.88. The first-order valence-corrected chi connectivity index (χ1v) is 12.3. The van der Waals surface area contributed by atoms with Gasteiger partial charge in [-0.25, -0.2) is 4.39 Å². The Kier molecular flexibility index (Phi) is 7.77. The van der Waals surface area contributed by atoms with Crippen molar-refractivity contribution in [2.75, 3.05) is 19.7 Å². The Balaban J connectivity index is 1.14. The highest BCUT2D eigenvalue weighted by Crippen LogP contribution is 2.61. The van der Waals surface area contributed by atoms with E-state index in [0.717, 1.165) is 6.42 Å². The number of amides is 2. The van der Waals surface area contributed by atoms with Crippen LogP contribution in [0.5, 0.6) is 0 Å². The molecule has 5 fully saturated rings. The fraction of sp³-hybridized carbons (Fsp3) is 0.909. The number of halogens is 4. The second-order valence-electron chi connectivity index (χ2n) is 10.2. The summed E-state index contributed by atoms with van der Waals surface area (Å²) < 4.78 is 48.4. The molecule has 1 aliphatic heterocycles. The summed E-state index contributed by atoms with van der Waals surface area (Å²) in [4.78, 5) is 25.2. The van der Waals surface area contributed by atoms with Crippen LogP contribution in [0, 0.1) is 5.41 Å². The van der Waals surface area contributed by atoms with Crippen molar-refractivity contribution in [3.63, 3.8) is 0 Å². The summed E-state index contributed by atoms with van der Waals surface area (Å²) in [6.45, 7) is -2.11. The SMILES string of the molecule is O=C(COC1CCC(Cl)C(F)C1)NC12CCC(C(=O)NCC3CCC(OC(F)F)CN3)(C1)C2. The molecule has 5 rings (SSSR count). The summed E-state index contributed by atoms with van der Waals surface area (Å²) in [6, 6.07) is 0.0312. The van der Waals surface area contributed by atoms with Crippen molar-refractivity contribution in [3.8, 4) is 0 Å². The van der Waals surface area contributed by atoms with Crippen molar-refractivity contribution in [1.82, 2.24) is 16.0 Å². The number of alkyl halides is 4. The van der Waals surface area contributed by atoms with E-state index < -0.39 is 29.7 Å². The van der Waals surface area contributed by atoms with Crippen LogP contribution in [-0.2, 0) is 19.1 Å². The van der Waals surface area contributed by atoms with Crippen LogP contribution in [0.15, 0.2) is 0 Å². The minimum Gasteiger partial charge on any atom is -0.368 e. The fourth-order valence-corrected chi connectivity index (χ4v) is 6.18. The van der Waals surface area contributed by atoms with Crippen molar-refractivity contribution in [3.05, 3.63) is 0 Å². The Morgan fingerprint density at radius 1 is 1.12 bits per heavy atom. The molecule has 5 unspecified atom stereocenters. The molecule has 4 saturated carbocycles. The van der Waals surface area contributed by atoms with Crippen molar-refractivity contribution < 1.29 is 32.2 Å². The number of hydrogen-bond acceptors (Lipinski definition) is 5. The number of fused-ring (bicyclic) bond motifs is 1. The van der Waals surface area contributed by atoms with E-state index >= 15 is 0 Å². The zero-order valence-corrected chi connectivity index (χ0v) is 19.4. The van der Waals surface area contributed by atoms with Gasteiger partial charge in [-0.1, -0.05) is 0 Å². The van der Waals surface area contributed by atoms with Gasteiger partial charge in [0.1, 0.15) is 12.8 Å². The molecule has 2 bridgehead atoms. The summed E-state index contributed by atoms with van der Waals surface area (Å²) in [7, 11) is 0. The maximum atomic E-state index is 13.7. The topological polar surface area (TPSA) is 88.7 Å². The van der Waals surface area contributed by atoms with E-state index in [9.17, 15) is 22.8 Å². The van der Waals surface area contributed by atoms with Gasteiger partial charge in [0.05, 0.1) is 23.0 Å². The Labute approximate surface area is 196 Å². The molecule has 1 saturated heterocycles. The molecule has 0 aromatic heterocycles. The first kappa shape index (κ1) is 25.0. The van der Waals surface area contributed by atoms with Crippen molar-refractivity contribution in [2.45, 2.75) is 99.7 Å². The number of carbonyl (C=O) groups excluding carboxylic acids is 2. The molecule has 3 N–H and O–H groups in total. The van der Waals surface area contributed by atoms with Gasteiger partial charge in [-0.3, -0.25) is 9.59 Å². The molecule has 7 nitrogen and oxygen atoms in total. The van der Waals surface area contributed by atoms with E-state index in [-0.39, 0.29) is 42.5 Å². The van der Waals surface area contributed by atoms with E-state index in [2.05, 4.69) is 20.7 Å². The van der Waals surface area contributed by atoms with Crippen LogP contribution in [-0.4, -0.2) is 73.5 Å². The highest BCUT2D eigenvalue weighted by Gasteiger charge is 2.64. The largest absolute Gasteiger partial charge is 0.368 e. The van der Waals surface area contributed by atoms with E-state index in [4.69, 9.17) is 16.3 Å². The third-order valence-corrected chi connectivity index (χ3v) is 8.18. The summed E-state index contributed by atoms with van der Waals surface area (Å²) in [5, 5.41) is 8.71. The zero-order chi connectivity index (χ0) is 23.6. The molecule has 5 atom stereocenters. The molecule has 0 radical (unpaired) electrons. The lowest BCUT2D eigenvalue weighted by Gasteiger charge is -2.46. The minimum atomic E-state index is -2.77. The lowest BCUT2D eigenvalue weighted by Crippen LogP contribution is -2.61. The van der Waals surface area contributed by atoms with Crippen LogP contribution < -0.4 is 16.0 Å². The number of rotatable bonds is 9. The Morgan fingerprint density at radius 2 is 1.88 bits per heavy atom. The Hall–Kier alpha value is -1.10. The van der Waals surface area contributed by atoms with Crippen molar-refractivity contribution in [2.24, 2.45) is 5.41 Å². The molecule has 0 aromatic carbocycles. The van der Waals surface area contributed by atoms with Gasteiger partial charge >= 0.3 is 6.61 Å². The Morgan fingerprint density at radius 3 is 2.55 bits per heavy atom. The molecular weight excluding hydrogens is 463 g/mol. The molecule has 5 aliphatic rings. The van der Waals surface area contributed by atoms with Crippen LogP contribution in [0.4, 0.5) is 13.2 Å². The third kappa shape index (κ3) is 5.94. The summed E-state index contributed by atoms with van der Waals surface area (Å²) in [5.74, 6) is -0.248. The number of carbonyl (C=O) groups is 2. The molecule has 0 aromatic rings. The molecule has 1 heterocycles. The maximum absolute atomic E-state index is 13.7. The van der Waals surface area contributed by atoms with E-state index in [1.807, 2.05) is 0 Å². The smallest absolute Gasteiger partial charge is 0.345 e. The Bertz CT molecular complexity index is 717. The van der Waals surface area contributed by atoms with Crippen LogP contribution in [0.1, 0.15) is 57.8 Å². The van der Waals surface area contributed by atoms with Crippen LogP contribution in [0.2, 0.25) is 0 Å². The number of ether oxygens (including phenoxy) is 2. The predicted molar refractivity (Wildman–Crippen MR) is 115 cm³/mol. The van der Waals surface area contributed by atoms with Gasteiger partial charge in [-0.05, 0) is 51.4 Å². The molecule has 0 spiro atoms. The molecule has 4 aliphatic carbocycles. The van der Waals surface area contributed by atoms with Gasteiger partial charge in [-0.15, -0.1) is 11.6 Å². The lowest BCUT2D eigenvalue weighted by molar-refractivity contribution is -0.167. The quantitative estimate of drug-likeness (QED) is 0.427. The maximum Gasteiger partial charge on any atom is 0.345 e. The highest BCUT2D eigenvalue weighted by molar-refractivity contribution is 6.21. The molecule has 188 valence electrons. The second-order valence-corrected chi connectivity index (χ2v) is 10.7. The standard InChI is InChI=1S/C22H33ClF3N3O4/c23-16-4-3-14(7-17(16)24)32-10-18(30)29-22-6-5-21(11-22,12-22)19(31)28-8-13-1-2-15(9-27-13)33-20(25)26/h13-17,20,27H,1-12H2,(H,28,31)(H,29,30). The summed E-state index contributed by atoms with van der Waals surface area (Å²) in [5.41, 5.74) is -0.818. The monoisotopic (exact) mass is 495 g/mol. The molecule has 33 heavy (non-hydrogen) atoms. The third-order valence-electron chi connectivity index (χ3n) is 7.69. The van der Waals surface area contributed by atoms with Gasteiger partial charge in [0.2, 0.25) is 11.8 Å². The van der Waals surface area contributed by atoms with Gasteiger partial charge in [0, 0.05) is 31.1 Å². The number of nitrogens with one attached hydrogen (secondary N) is 3. The van der Waals surface area contributed by atoms with E-state index in [1.54, 1.807) is 0 Å².